The maximum absolute atomic E-state index is 12.0. The van der Waals surface area contributed by atoms with E-state index in [0.717, 1.165) is 0 Å². The van der Waals surface area contributed by atoms with E-state index in [1.165, 1.54) is 11.3 Å². The van der Waals surface area contributed by atoms with Crippen LogP contribution in [0.3, 0.4) is 0 Å². The molecule has 6 heteroatoms. The molecule has 0 aliphatic carbocycles. The summed E-state index contributed by atoms with van der Waals surface area (Å²) < 4.78 is 6.03. The SMILES string of the molecule is COCC(C)N(C)CC(=O)c1cc(Cl)sc1Cl. The minimum atomic E-state index is -0.0244. The standard InChI is InChI=1S/C11H15Cl2NO2S/c1-7(6-16-3)14(2)5-9(15)8-4-10(12)17-11(8)13/h4,7H,5-6H2,1-3H3. The summed E-state index contributed by atoms with van der Waals surface area (Å²) in [5.74, 6) is -0.0244. The topological polar surface area (TPSA) is 29.5 Å². The van der Waals surface area contributed by atoms with Crippen LogP contribution in [-0.2, 0) is 4.74 Å². The number of hydrogen-bond acceptors (Lipinski definition) is 4. The van der Waals surface area contributed by atoms with Crippen LogP contribution in [0.2, 0.25) is 8.67 Å². The number of hydrogen-bond donors (Lipinski definition) is 0. The highest BCUT2D eigenvalue weighted by molar-refractivity contribution is 7.20. The lowest BCUT2D eigenvalue weighted by atomic mass is 10.2. The summed E-state index contributed by atoms with van der Waals surface area (Å²) in [6.45, 7) is 2.89. The zero-order valence-corrected chi connectivity index (χ0v) is 12.3. The number of likely N-dealkylation sites (N-methyl/N-ethyl adjacent to an activating group) is 1. The van der Waals surface area contributed by atoms with Gasteiger partial charge in [0, 0.05) is 13.2 Å². The van der Waals surface area contributed by atoms with Crippen molar-refractivity contribution < 1.29 is 9.53 Å². The number of halogens is 2. The van der Waals surface area contributed by atoms with Crippen molar-refractivity contribution in [1.29, 1.82) is 0 Å². The third kappa shape index (κ3) is 4.23. The van der Waals surface area contributed by atoms with Crippen molar-refractivity contribution in [3.63, 3.8) is 0 Å². The van der Waals surface area contributed by atoms with Crippen LogP contribution in [-0.4, -0.2) is 44.0 Å². The van der Waals surface area contributed by atoms with Gasteiger partial charge in [-0.05, 0) is 20.0 Å². The van der Waals surface area contributed by atoms with E-state index in [9.17, 15) is 4.79 Å². The molecule has 0 fully saturated rings. The molecule has 1 aromatic heterocycles. The van der Waals surface area contributed by atoms with Crippen molar-refractivity contribution in [1.82, 2.24) is 4.90 Å². The van der Waals surface area contributed by atoms with Crippen molar-refractivity contribution in [2.24, 2.45) is 0 Å². The molecule has 0 aliphatic heterocycles. The monoisotopic (exact) mass is 295 g/mol. The van der Waals surface area contributed by atoms with Crippen LogP contribution in [0.25, 0.3) is 0 Å². The third-order valence-electron chi connectivity index (χ3n) is 2.51. The first kappa shape index (κ1) is 14.9. The van der Waals surface area contributed by atoms with Crippen LogP contribution in [0.4, 0.5) is 0 Å². The Labute approximate surface area is 115 Å². The van der Waals surface area contributed by atoms with E-state index in [-0.39, 0.29) is 11.8 Å². The molecule has 0 aromatic carbocycles. The van der Waals surface area contributed by atoms with Gasteiger partial charge in [-0.25, -0.2) is 0 Å². The van der Waals surface area contributed by atoms with Gasteiger partial charge >= 0.3 is 0 Å². The van der Waals surface area contributed by atoms with Gasteiger partial charge in [0.1, 0.15) is 4.34 Å². The number of thiophene rings is 1. The lowest BCUT2D eigenvalue weighted by Gasteiger charge is -2.22. The molecule has 1 aromatic rings. The van der Waals surface area contributed by atoms with E-state index in [2.05, 4.69) is 0 Å². The molecular formula is C11H15Cl2NO2S. The minimum Gasteiger partial charge on any atom is -0.383 e. The zero-order chi connectivity index (χ0) is 13.0. The maximum atomic E-state index is 12.0. The molecule has 0 bridgehead atoms. The van der Waals surface area contributed by atoms with Gasteiger partial charge in [-0.3, -0.25) is 9.69 Å². The van der Waals surface area contributed by atoms with Crippen LogP contribution < -0.4 is 0 Å². The largest absolute Gasteiger partial charge is 0.383 e. The second kappa shape index (κ2) is 6.71. The van der Waals surface area contributed by atoms with E-state index >= 15 is 0 Å². The molecule has 0 aliphatic rings. The molecular weight excluding hydrogens is 281 g/mol. The van der Waals surface area contributed by atoms with E-state index in [4.69, 9.17) is 27.9 Å². The van der Waals surface area contributed by atoms with E-state index < -0.39 is 0 Å². The summed E-state index contributed by atoms with van der Waals surface area (Å²) in [6, 6.07) is 1.79. The molecule has 1 atom stereocenters. The van der Waals surface area contributed by atoms with Crippen molar-refractivity contribution in [3.8, 4) is 0 Å². The van der Waals surface area contributed by atoms with Crippen LogP contribution in [0.1, 0.15) is 17.3 Å². The van der Waals surface area contributed by atoms with Gasteiger partial charge in [-0.15, -0.1) is 11.3 Å². The Kier molecular flexibility index (Phi) is 5.89. The van der Waals surface area contributed by atoms with Gasteiger partial charge in [0.05, 0.1) is 23.1 Å². The van der Waals surface area contributed by atoms with Gasteiger partial charge < -0.3 is 4.74 Å². The number of carbonyl (C=O) groups excluding carboxylic acids is 1. The Morgan fingerprint density at radius 1 is 1.59 bits per heavy atom. The maximum Gasteiger partial charge on any atom is 0.179 e. The number of nitrogens with zero attached hydrogens (tertiary/aromatic N) is 1. The van der Waals surface area contributed by atoms with Crippen LogP contribution in [0.5, 0.6) is 0 Å². The fourth-order valence-corrected chi connectivity index (χ4v) is 2.87. The first-order chi connectivity index (χ1) is 7.95. The average molecular weight is 296 g/mol. The van der Waals surface area contributed by atoms with Crippen LogP contribution >= 0.6 is 34.5 Å². The Hall–Kier alpha value is -0.130. The second-order valence-electron chi connectivity index (χ2n) is 3.88. The normalized spacial score (nSPS) is 13.1. The molecule has 0 N–H and O–H groups in total. The number of ether oxygens (including phenoxy) is 1. The van der Waals surface area contributed by atoms with Gasteiger partial charge in [0.25, 0.3) is 0 Å². The van der Waals surface area contributed by atoms with Crippen molar-refractivity contribution in [3.05, 3.63) is 20.3 Å². The second-order valence-corrected chi connectivity index (χ2v) is 6.17. The predicted octanol–water partition coefficient (Wildman–Crippen LogP) is 3.20. The molecule has 17 heavy (non-hydrogen) atoms. The lowest BCUT2D eigenvalue weighted by molar-refractivity contribution is 0.0842. The van der Waals surface area contributed by atoms with E-state index in [1.807, 2.05) is 18.9 Å². The fourth-order valence-electron chi connectivity index (χ4n) is 1.37. The summed E-state index contributed by atoms with van der Waals surface area (Å²) in [5.41, 5.74) is 0.498. The molecule has 0 radical (unpaired) electrons. The molecule has 0 amide bonds. The molecule has 1 heterocycles. The highest BCUT2D eigenvalue weighted by atomic mass is 35.5. The Morgan fingerprint density at radius 3 is 2.71 bits per heavy atom. The van der Waals surface area contributed by atoms with Gasteiger partial charge in [0.15, 0.2) is 5.78 Å². The highest BCUT2D eigenvalue weighted by Crippen LogP contribution is 2.31. The van der Waals surface area contributed by atoms with E-state index in [1.54, 1.807) is 13.2 Å². The Balaban J connectivity index is 2.63. The molecule has 1 unspecified atom stereocenters. The van der Waals surface area contributed by atoms with Crippen molar-refractivity contribution in [2.75, 3.05) is 27.3 Å². The van der Waals surface area contributed by atoms with Crippen LogP contribution in [0, 0.1) is 0 Å². The summed E-state index contributed by atoms with van der Waals surface area (Å²) >= 11 is 13.0. The summed E-state index contributed by atoms with van der Waals surface area (Å²) in [4.78, 5) is 13.9. The summed E-state index contributed by atoms with van der Waals surface area (Å²) in [6.07, 6.45) is 0. The predicted molar refractivity (Wildman–Crippen MR) is 72.6 cm³/mol. The lowest BCUT2D eigenvalue weighted by Crippen LogP contribution is -2.36. The molecule has 0 saturated carbocycles. The van der Waals surface area contributed by atoms with Crippen molar-refractivity contribution >= 4 is 40.3 Å². The number of ketones is 1. The highest BCUT2D eigenvalue weighted by Gasteiger charge is 2.18. The van der Waals surface area contributed by atoms with Gasteiger partial charge in [-0.2, -0.15) is 0 Å². The Bertz CT molecular complexity index is 395. The number of carbonyl (C=O) groups is 1. The first-order valence-electron chi connectivity index (χ1n) is 5.13. The first-order valence-corrected chi connectivity index (χ1v) is 6.70. The summed E-state index contributed by atoms with van der Waals surface area (Å²) in [5, 5.41) is 0. The quantitative estimate of drug-likeness (QED) is 0.755. The van der Waals surface area contributed by atoms with E-state index in [0.29, 0.717) is 27.4 Å². The van der Waals surface area contributed by atoms with Gasteiger partial charge in [0.2, 0.25) is 0 Å². The number of rotatable bonds is 6. The fraction of sp³-hybridized carbons (Fsp3) is 0.545. The molecule has 1 rings (SSSR count). The molecule has 3 nitrogen and oxygen atoms in total. The summed E-state index contributed by atoms with van der Waals surface area (Å²) in [7, 11) is 3.52. The molecule has 0 spiro atoms. The number of methoxy groups -OCH3 is 1. The minimum absolute atomic E-state index is 0.0244. The number of Topliss-reactive ketones (excluding diaryl/α,β-unsaturated/α-hetero) is 1. The molecule has 0 saturated heterocycles. The zero-order valence-electron chi connectivity index (χ0n) is 10.00. The van der Waals surface area contributed by atoms with Crippen molar-refractivity contribution in [2.45, 2.75) is 13.0 Å². The van der Waals surface area contributed by atoms with Crippen LogP contribution in [0.15, 0.2) is 6.07 Å². The third-order valence-corrected chi connectivity index (χ3v) is 4.00. The average Bonchev–Trinajstić information content (AvgIpc) is 2.58. The molecule has 96 valence electrons. The Morgan fingerprint density at radius 2 is 2.24 bits per heavy atom. The van der Waals surface area contributed by atoms with Gasteiger partial charge in [-0.1, -0.05) is 23.2 Å². The smallest absolute Gasteiger partial charge is 0.179 e.